The van der Waals surface area contributed by atoms with E-state index < -0.39 is 6.09 Å². The average Bonchev–Trinajstić information content (AvgIpc) is 2.72. The number of para-hydroxylation sites is 1. The fraction of sp³-hybridized carbons (Fsp3) is 0.300. The molecular formula is C10H11NO3. The summed E-state index contributed by atoms with van der Waals surface area (Å²) < 4.78 is 5.06. The number of rotatable bonds is 1. The number of hydroxylamine groups is 2. The molecule has 4 heteroatoms. The molecule has 0 N–H and O–H groups in total. The van der Waals surface area contributed by atoms with Crippen LogP contribution in [-0.2, 0) is 4.84 Å². The number of ether oxygens (including phenoxy) is 1. The smallest absolute Gasteiger partial charge is 0.409 e. The highest BCUT2D eigenvalue weighted by atomic mass is 16.7. The van der Waals surface area contributed by atoms with Gasteiger partial charge in [0.25, 0.3) is 0 Å². The van der Waals surface area contributed by atoms with Crippen LogP contribution in [0.4, 0.5) is 4.79 Å². The summed E-state index contributed by atoms with van der Waals surface area (Å²) in [6, 6.07) is 8.95. The van der Waals surface area contributed by atoms with Gasteiger partial charge in [-0.25, -0.2) is 4.79 Å². The van der Waals surface area contributed by atoms with Gasteiger partial charge >= 0.3 is 6.09 Å². The van der Waals surface area contributed by atoms with Crippen LogP contribution in [0.25, 0.3) is 0 Å². The molecule has 14 heavy (non-hydrogen) atoms. The standard InChI is InChI=1S/C10H11NO3/c12-10(11-7-4-8-13-11)14-9-5-2-1-3-6-9/h1-3,5-6H,4,7-8H2. The van der Waals surface area contributed by atoms with Gasteiger partial charge in [0.2, 0.25) is 0 Å². The van der Waals surface area contributed by atoms with Gasteiger partial charge in [0, 0.05) is 0 Å². The summed E-state index contributed by atoms with van der Waals surface area (Å²) in [6.45, 7) is 1.19. The minimum absolute atomic E-state index is 0.450. The topological polar surface area (TPSA) is 38.8 Å². The van der Waals surface area contributed by atoms with E-state index in [1.54, 1.807) is 12.1 Å². The molecule has 1 fully saturated rings. The molecule has 0 spiro atoms. The maximum absolute atomic E-state index is 11.4. The van der Waals surface area contributed by atoms with E-state index in [2.05, 4.69) is 0 Å². The minimum atomic E-state index is -0.450. The maximum Gasteiger partial charge on any atom is 0.439 e. The van der Waals surface area contributed by atoms with Gasteiger partial charge in [0.1, 0.15) is 5.75 Å². The summed E-state index contributed by atoms with van der Waals surface area (Å²) in [5.74, 6) is 0.535. The van der Waals surface area contributed by atoms with Crippen molar-refractivity contribution < 1.29 is 14.4 Å². The number of hydrogen-bond donors (Lipinski definition) is 0. The van der Waals surface area contributed by atoms with Crippen LogP contribution in [0.2, 0.25) is 0 Å². The van der Waals surface area contributed by atoms with Crippen molar-refractivity contribution in [3.8, 4) is 5.75 Å². The first-order valence-corrected chi connectivity index (χ1v) is 4.53. The molecule has 1 aromatic carbocycles. The summed E-state index contributed by atoms with van der Waals surface area (Å²) in [4.78, 5) is 16.4. The van der Waals surface area contributed by atoms with E-state index in [-0.39, 0.29) is 0 Å². The lowest BCUT2D eigenvalue weighted by Crippen LogP contribution is -2.29. The molecule has 0 bridgehead atoms. The third kappa shape index (κ3) is 2.03. The highest BCUT2D eigenvalue weighted by Gasteiger charge is 2.20. The second-order valence-corrected chi connectivity index (χ2v) is 2.97. The maximum atomic E-state index is 11.4. The molecule has 0 atom stereocenters. The third-order valence-electron chi connectivity index (χ3n) is 1.90. The van der Waals surface area contributed by atoms with Crippen LogP contribution in [0.15, 0.2) is 30.3 Å². The molecule has 1 aromatic rings. The van der Waals surface area contributed by atoms with E-state index in [0.29, 0.717) is 18.9 Å². The highest BCUT2D eigenvalue weighted by Crippen LogP contribution is 2.12. The summed E-state index contributed by atoms with van der Waals surface area (Å²) >= 11 is 0. The Kier molecular flexibility index (Phi) is 2.65. The molecule has 0 aromatic heterocycles. The fourth-order valence-corrected chi connectivity index (χ4v) is 1.23. The van der Waals surface area contributed by atoms with Gasteiger partial charge in [-0.2, -0.15) is 5.06 Å². The molecule has 0 radical (unpaired) electrons. The molecule has 74 valence electrons. The largest absolute Gasteiger partial charge is 0.439 e. The number of amides is 1. The van der Waals surface area contributed by atoms with E-state index in [1.807, 2.05) is 18.2 Å². The van der Waals surface area contributed by atoms with Crippen LogP contribution >= 0.6 is 0 Å². The van der Waals surface area contributed by atoms with Crippen molar-refractivity contribution >= 4 is 6.09 Å². The van der Waals surface area contributed by atoms with E-state index >= 15 is 0 Å². The van der Waals surface area contributed by atoms with Crippen molar-refractivity contribution in [2.24, 2.45) is 0 Å². The fourth-order valence-electron chi connectivity index (χ4n) is 1.23. The molecule has 1 aliphatic rings. The Morgan fingerprint density at radius 2 is 2.14 bits per heavy atom. The minimum Gasteiger partial charge on any atom is -0.409 e. The summed E-state index contributed by atoms with van der Waals surface area (Å²) in [7, 11) is 0. The second-order valence-electron chi connectivity index (χ2n) is 2.97. The monoisotopic (exact) mass is 193 g/mol. The van der Waals surface area contributed by atoms with Gasteiger partial charge in [-0.1, -0.05) is 18.2 Å². The molecule has 4 nitrogen and oxygen atoms in total. The normalized spacial score (nSPS) is 15.6. The lowest BCUT2D eigenvalue weighted by Gasteiger charge is -2.13. The number of carbonyl (C=O) groups is 1. The Balaban J connectivity index is 1.94. The van der Waals surface area contributed by atoms with Crippen molar-refractivity contribution in [3.63, 3.8) is 0 Å². The van der Waals surface area contributed by atoms with Gasteiger partial charge in [-0.05, 0) is 18.6 Å². The van der Waals surface area contributed by atoms with E-state index in [4.69, 9.17) is 9.57 Å². The van der Waals surface area contributed by atoms with Crippen LogP contribution in [0.5, 0.6) is 5.75 Å². The van der Waals surface area contributed by atoms with Crippen molar-refractivity contribution in [1.29, 1.82) is 0 Å². The summed E-state index contributed by atoms with van der Waals surface area (Å²) in [5, 5.41) is 1.24. The van der Waals surface area contributed by atoms with Gasteiger partial charge in [0.05, 0.1) is 13.2 Å². The zero-order chi connectivity index (χ0) is 9.80. The molecule has 1 heterocycles. The summed E-state index contributed by atoms with van der Waals surface area (Å²) in [5.41, 5.74) is 0. The SMILES string of the molecule is O=C(Oc1ccccc1)N1CCCO1. The first-order chi connectivity index (χ1) is 6.86. The van der Waals surface area contributed by atoms with Crippen molar-refractivity contribution in [3.05, 3.63) is 30.3 Å². The Labute approximate surface area is 82.0 Å². The molecule has 0 unspecified atom stereocenters. The Morgan fingerprint density at radius 1 is 1.36 bits per heavy atom. The Hall–Kier alpha value is -1.55. The van der Waals surface area contributed by atoms with Crippen LogP contribution in [0.1, 0.15) is 6.42 Å². The van der Waals surface area contributed by atoms with Crippen molar-refractivity contribution in [2.75, 3.05) is 13.2 Å². The molecule has 1 amide bonds. The molecule has 1 aliphatic heterocycles. The molecule has 1 saturated heterocycles. The average molecular weight is 193 g/mol. The quantitative estimate of drug-likeness (QED) is 0.682. The Morgan fingerprint density at radius 3 is 2.79 bits per heavy atom. The number of nitrogens with zero attached hydrogens (tertiary/aromatic N) is 1. The first-order valence-electron chi connectivity index (χ1n) is 4.53. The predicted molar refractivity (Wildman–Crippen MR) is 49.7 cm³/mol. The van der Waals surface area contributed by atoms with Gasteiger partial charge < -0.3 is 4.74 Å². The van der Waals surface area contributed by atoms with Crippen LogP contribution in [-0.4, -0.2) is 24.3 Å². The predicted octanol–water partition coefficient (Wildman–Crippen LogP) is 1.82. The number of carbonyl (C=O) groups excluding carboxylic acids is 1. The molecule has 2 rings (SSSR count). The third-order valence-corrected chi connectivity index (χ3v) is 1.90. The van der Waals surface area contributed by atoms with Gasteiger partial charge in [0.15, 0.2) is 0 Å². The lowest BCUT2D eigenvalue weighted by molar-refractivity contribution is -0.0802. The Bertz CT molecular complexity index is 306. The van der Waals surface area contributed by atoms with Crippen LogP contribution in [0.3, 0.4) is 0 Å². The number of hydrogen-bond acceptors (Lipinski definition) is 3. The van der Waals surface area contributed by atoms with Gasteiger partial charge in [-0.15, -0.1) is 0 Å². The van der Waals surface area contributed by atoms with Gasteiger partial charge in [-0.3, -0.25) is 4.84 Å². The van der Waals surface area contributed by atoms with E-state index in [0.717, 1.165) is 6.42 Å². The van der Waals surface area contributed by atoms with E-state index in [1.165, 1.54) is 5.06 Å². The highest BCUT2D eigenvalue weighted by molar-refractivity contribution is 5.69. The van der Waals surface area contributed by atoms with Crippen molar-refractivity contribution in [2.45, 2.75) is 6.42 Å². The molecule has 0 aliphatic carbocycles. The number of benzene rings is 1. The molecular weight excluding hydrogens is 182 g/mol. The summed E-state index contributed by atoms with van der Waals surface area (Å²) in [6.07, 6.45) is 0.415. The molecule has 0 saturated carbocycles. The first kappa shape index (κ1) is 9.02. The van der Waals surface area contributed by atoms with Crippen LogP contribution in [0, 0.1) is 0 Å². The van der Waals surface area contributed by atoms with Crippen LogP contribution < -0.4 is 4.74 Å². The zero-order valence-corrected chi connectivity index (χ0v) is 7.68. The lowest BCUT2D eigenvalue weighted by atomic mass is 10.3. The second kappa shape index (κ2) is 4.11. The van der Waals surface area contributed by atoms with Crippen molar-refractivity contribution in [1.82, 2.24) is 5.06 Å². The zero-order valence-electron chi connectivity index (χ0n) is 7.68. The van der Waals surface area contributed by atoms with E-state index in [9.17, 15) is 4.79 Å².